The highest BCUT2D eigenvalue weighted by atomic mass is 35.5. The van der Waals surface area contributed by atoms with Gasteiger partial charge in [-0.1, -0.05) is 532 Å². The number of rotatable bonds is 14. The Labute approximate surface area is 846 Å². The molecule has 0 atom stereocenters. The van der Waals surface area contributed by atoms with Crippen molar-refractivity contribution in [2.45, 2.75) is 0 Å². The van der Waals surface area contributed by atoms with Crippen molar-refractivity contribution in [2.24, 2.45) is 0 Å². The van der Waals surface area contributed by atoms with Gasteiger partial charge in [-0.2, -0.15) is 0 Å². The Bertz CT molecular complexity index is 8540. The molecule has 0 saturated carbocycles. The second kappa shape index (κ2) is 38.5. The molecule has 0 aromatic heterocycles. The molecule has 0 amide bonds. The Morgan fingerprint density at radius 1 is 0.0845 bits per heavy atom. The fourth-order valence-electron chi connectivity index (χ4n) is 22.0. The van der Waals surface area contributed by atoms with Gasteiger partial charge in [0.1, 0.15) is 0 Å². The van der Waals surface area contributed by atoms with E-state index < -0.39 is 0 Å². The first-order chi connectivity index (χ1) is 70.2. The van der Waals surface area contributed by atoms with E-state index in [2.05, 4.69) is 497 Å². The highest BCUT2D eigenvalue weighted by molar-refractivity contribution is 6.40. The molecule has 26 aromatic rings. The molecule has 0 aliphatic rings. The van der Waals surface area contributed by atoms with Gasteiger partial charge in [0.2, 0.25) is 0 Å². The van der Waals surface area contributed by atoms with E-state index in [9.17, 15) is 0 Å². The minimum Gasteiger partial charge on any atom is -0.0843 e. The molecule has 668 valence electrons. The van der Waals surface area contributed by atoms with Crippen molar-refractivity contribution in [1.82, 2.24) is 0 Å². The summed E-state index contributed by atoms with van der Waals surface area (Å²) in [7, 11) is 0. The van der Waals surface area contributed by atoms with Gasteiger partial charge in [-0.25, -0.2) is 0 Å². The van der Waals surface area contributed by atoms with Crippen molar-refractivity contribution in [3.63, 3.8) is 0 Å². The first-order valence-electron chi connectivity index (χ1n) is 48.2. The first-order valence-corrected chi connectivity index (χ1v) is 49.7. The van der Waals surface area contributed by atoms with Crippen molar-refractivity contribution < 1.29 is 0 Å². The lowest BCUT2D eigenvalue weighted by atomic mass is 9.77. The molecule has 0 heterocycles. The molecule has 0 aliphatic heterocycles. The van der Waals surface area contributed by atoms with Crippen LogP contribution in [0.3, 0.4) is 0 Å². The zero-order valence-corrected chi connectivity index (χ0v) is 80.3. The third kappa shape index (κ3) is 16.2. The SMILES string of the molecule is Clc1ccc(-c2c3ccc(Cl)cc3c(-c3ccccc3)c3c(-c4ccc(Cl)cc4)c4ccc(Cl)cc4c(-c4ccccc4)c23)cc1.c1ccc(-c2c3ccccc3c(-c3ccccc3)c3c(-c4ccccc4)c4ccccc4c(-c4ccccc4)c23)cc1.c1ccc(-c2ccc(-c3c4ccccc4c(-c4ccccc4)c4c(-c5ccc(-c6ccccc6)cc5)c5ccccc5c(-c5ccccc5)c34)cc2)cc1. The van der Waals surface area contributed by atoms with Gasteiger partial charge < -0.3 is 0 Å². The molecule has 0 saturated heterocycles. The van der Waals surface area contributed by atoms with E-state index in [0.717, 1.165) is 76.8 Å². The lowest BCUT2D eigenvalue weighted by molar-refractivity contribution is 1.60. The summed E-state index contributed by atoms with van der Waals surface area (Å²) in [5.74, 6) is 0. The van der Waals surface area contributed by atoms with Crippen LogP contribution in [0, 0.1) is 0 Å². The van der Waals surface area contributed by atoms with Gasteiger partial charge in [0.05, 0.1) is 0 Å². The van der Waals surface area contributed by atoms with E-state index in [0.29, 0.717) is 20.1 Å². The predicted octanol–water partition coefficient (Wildman–Crippen LogP) is 41.4. The van der Waals surface area contributed by atoms with Crippen LogP contribution in [-0.4, -0.2) is 0 Å². The van der Waals surface area contributed by atoms with E-state index in [1.807, 2.05) is 36.4 Å². The smallest absolute Gasteiger partial charge is 0.0412 e. The maximum Gasteiger partial charge on any atom is 0.0412 e. The highest BCUT2D eigenvalue weighted by Crippen LogP contribution is 2.59. The standard InChI is InChI=1S/C54H36.C42H24Cl4.C42H28/c1-5-17-37(18-6-1)39-29-33-43(34-30-39)51-47-27-15-13-25-45(47)50(42-23-11-4-12-24-42)54-52(44-35-31-40(32-36-44)38-19-7-2-8-20-38)48-28-16-14-26-46(48)49(53(51)54)41-21-9-3-10-22-41;43-29-15-11-27(12-16-29)37-34-22-20-32(46)24-36(34)40(26-9-5-2-6-10-26)42-38(28-13-17-30(44)18-14-28)33-21-19-31(45)23-35(33)39(41(37)42)25-7-3-1-4-8-25;1-5-17-29(18-6-1)37-33-25-13-14-26-34(33)39(31-21-9-3-10-22-31)42-40(32-23-11-4-12-24-32)36-28-16-15-27-35(36)38(41(37)42)30-19-7-2-8-20-30/h1-36H;1-24H;1-28H. The molecule has 26 rings (SSSR count). The predicted molar refractivity (Wildman–Crippen MR) is 613 cm³/mol. The maximum atomic E-state index is 6.82. The Morgan fingerprint density at radius 3 is 0.373 bits per heavy atom. The second-order valence-electron chi connectivity index (χ2n) is 36.1. The molecule has 0 bridgehead atoms. The second-order valence-corrected chi connectivity index (χ2v) is 37.9. The van der Waals surface area contributed by atoms with Crippen molar-refractivity contribution in [2.75, 3.05) is 0 Å². The molecule has 0 nitrogen and oxygen atoms in total. The summed E-state index contributed by atoms with van der Waals surface area (Å²) < 4.78 is 0. The zero-order valence-electron chi connectivity index (χ0n) is 77.3. The van der Waals surface area contributed by atoms with Crippen LogP contribution in [0.25, 0.3) is 253 Å². The summed E-state index contributed by atoms with van der Waals surface area (Å²) in [6, 6.07) is 191. The van der Waals surface area contributed by atoms with E-state index in [1.54, 1.807) is 0 Å². The normalized spacial score (nSPS) is 11.4. The number of benzene rings is 26. The third-order valence-electron chi connectivity index (χ3n) is 28.0. The third-order valence-corrected chi connectivity index (χ3v) is 29.0. The summed E-state index contributed by atoms with van der Waals surface area (Å²) in [5, 5.41) is 24.5. The molecule has 0 aliphatic carbocycles. The van der Waals surface area contributed by atoms with Crippen molar-refractivity contribution in [3.8, 4) is 156 Å². The lowest BCUT2D eigenvalue weighted by Gasteiger charge is -2.25. The van der Waals surface area contributed by atoms with Crippen LogP contribution in [-0.2, 0) is 0 Å². The van der Waals surface area contributed by atoms with Gasteiger partial charge in [-0.15, -0.1) is 0 Å². The average Bonchev–Trinajstić information content (AvgIpc) is 0.703. The van der Waals surface area contributed by atoms with Gasteiger partial charge in [0, 0.05) is 20.1 Å². The number of halogens is 4. The highest BCUT2D eigenvalue weighted by Gasteiger charge is 2.32. The minimum atomic E-state index is 0.676. The fraction of sp³-hybridized carbons (Fsp3) is 0. The molecule has 142 heavy (non-hydrogen) atoms. The largest absolute Gasteiger partial charge is 0.0843 e. The van der Waals surface area contributed by atoms with Crippen molar-refractivity contribution >= 4 is 143 Å². The maximum absolute atomic E-state index is 6.82. The molecule has 4 heteroatoms. The molecular weight excluding hydrogens is 1800 g/mol. The summed E-state index contributed by atoms with van der Waals surface area (Å²) in [5.41, 5.74) is 33.5. The van der Waals surface area contributed by atoms with Gasteiger partial charge in [-0.05, 0) is 301 Å². The quantitative estimate of drug-likeness (QED) is 0.0952. The topological polar surface area (TPSA) is 0 Å². The van der Waals surface area contributed by atoms with Crippen LogP contribution < -0.4 is 0 Å². The molecule has 26 aromatic carbocycles. The molecule has 0 fully saturated rings. The number of fused-ring (bicyclic) bond motifs is 9. The Hall–Kier alpha value is -16.8. The van der Waals surface area contributed by atoms with Crippen LogP contribution in [0.2, 0.25) is 20.1 Å². The average molecular weight is 1890 g/mol. The summed E-state index contributed by atoms with van der Waals surface area (Å²) in [6.07, 6.45) is 0. The molecule has 0 radical (unpaired) electrons. The van der Waals surface area contributed by atoms with Crippen LogP contribution in [0.1, 0.15) is 0 Å². The molecule has 0 N–H and O–H groups in total. The van der Waals surface area contributed by atoms with Crippen molar-refractivity contribution in [3.05, 3.63) is 554 Å². The van der Waals surface area contributed by atoms with Gasteiger partial charge >= 0.3 is 0 Å². The van der Waals surface area contributed by atoms with Crippen LogP contribution in [0.5, 0.6) is 0 Å². The monoisotopic (exact) mass is 1880 g/mol. The minimum absolute atomic E-state index is 0.676. The Kier molecular flexibility index (Phi) is 23.9. The number of hydrogen-bond donors (Lipinski definition) is 0. The van der Waals surface area contributed by atoms with E-state index in [1.165, 1.54) is 176 Å². The van der Waals surface area contributed by atoms with Gasteiger partial charge in [0.15, 0.2) is 0 Å². The van der Waals surface area contributed by atoms with E-state index in [-0.39, 0.29) is 0 Å². The molecular formula is C138H88Cl4. The van der Waals surface area contributed by atoms with Gasteiger partial charge in [0.25, 0.3) is 0 Å². The Balaban J connectivity index is 0.000000116. The summed E-state index contributed by atoms with van der Waals surface area (Å²) in [4.78, 5) is 0. The van der Waals surface area contributed by atoms with Crippen LogP contribution in [0.15, 0.2) is 534 Å². The summed E-state index contributed by atoms with van der Waals surface area (Å²) in [6.45, 7) is 0. The number of hydrogen-bond acceptors (Lipinski definition) is 0. The first kappa shape index (κ1) is 88.0. The molecule has 0 unspecified atom stereocenters. The Morgan fingerprint density at radius 2 is 0.197 bits per heavy atom. The fourth-order valence-corrected chi connectivity index (χ4v) is 22.6. The van der Waals surface area contributed by atoms with Crippen molar-refractivity contribution in [1.29, 1.82) is 0 Å². The lowest BCUT2D eigenvalue weighted by Crippen LogP contribution is -1.98. The molecule has 0 spiro atoms. The summed E-state index contributed by atoms with van der Waals surface area (Å²) >= 11 is 26.5. The zero-order chi connectivity index (χ0) is 95.1. The van der Waals surface area contributed by atoms with E-state index in [4.69, 9.17) is 46.4 Å². The van der Waals surface area contributed by atoms with Crippen LogP contribution >= 0.6 is 46.4 Å². The van der Waals surface area contributed by atoms with E-state index >= 15 is 0 Å². The van der Waals surface area contributed by atoms with Crippen LogP contribution in [0.4, 0.5) is 0 Å². The van der Waals surface area contributed by atoms with Gasteiger partial charge in [-0.3, -0.25) is 0 Å².